The molecule has 0 bridgehead atoms. The third-order valence-corrected chi connectivity index (χ3v) is 17.3. The zero-order chi connectivity index (χ0) is 57.8. The van der Waals surface area contributed by atoms with E-state index in [1.54, 1.807) is 0 Å². The van der Waals surface area contributed by atoms with Gasteiger partial charge in [0.25, 0.3) is 0 Å². The van der Waals surface area contributed by atoms with Gasteiger partial charge < -0.3 is 20.3 Å². The van der Waals surface area contributed by atoms with Crippen molar-refractivity contribution in [2.75, 3.05) is 13.2 Å². The van der Waals surface area contributed by atoms with Crippen LogP contribution in [0.2, 0.25) is 0 Å². The summed E-state index contributed by atoms with van der Waals surface area (Å²) in [6.07, 6.45) is 88.1. The second-order valence-electron chi connectivity index (χ2n) is 25.3. The summed E-state index contributed by atoms with van der Waals surface area (Å²) in [5.74, 6) is -0.0255. The first-order valence-electron chi connectivity index (χ1n) is 36.6. The smallest absolute Gasteiger partial charge is 0.305 e. The molecule has 0 fully saturated rings. The van der Waals surface area contributed by atoms with Gasteiger partial charge in [0.05, 0.1) is 25.4 Å². The van der Waals surface area contributed by atoms with E-state index in [4.69, 9.17) is 4.74 Å². The third-order valence-electron chi connectivity index (χ3n) is 17.3. The average Bonchev–Trinajstić information content (AvgIpc) is 3.46. The van der Waals surface area contributed by atoms with Crippen LogP contribution in [0.25, 0.3) is 0 Å². The van der Waals surface area contributed by atoms with Crippen LogP contribution in [0.1, 0.15) is 412 Å². The maximum atomic E-state index is 12.6. The monoisotopic (exact) mass is 1130 g/mol. The second-order valence-corrected chi connectivity index (χ2v) is 25.3. The molecule has 6 heteroatoms. The highest BCUT2D eigenvalue weighted by Gasteiger charge is 2.20. The van der Waals surface area contributed by atoms with Crippen LogP contribution in [-0.4, -0.2) is 47.4 Å². The molecular formula is C74H143NO5. The van der Waals surface area contributed by atoms with Gasteiger partial charge in [0.1, 0.15) is 0 Å². The van der Waals surface area contributed by atoms with Gasteiger partial charge in [-0.3, -0.25) is 9.59 Å². The minimum absolute atomic E-state index is 0.00271. The maximum absolute atomic E-state index is 12.6. The summed E-state index contributed by atoms with van der Waals surface area (Å²) in [7, 11) is 0. The van der Waals surface area contributed by atoms with Gasteiger partial charge in [-0.2, -0.15) is 0 Å². The molecule has 2 atom stereocenters. The lowest BCUT2D eigenvalue weighted by atomic mass is 10.0. The zero-order valence-electron chi connectivity index (χ0n) is 54.3. The normalized spacial score (nSPS) is 12.6. The van der Waals surface area contributed by atoms with E-state index in [1.165, 1.54) is 327 Å². The van der Waals surface area contributed by atoms with Crippen molar-refractivity contribution < 1.29 is 24.5 Å². The molecule has 0 saturated carbocycles. The standard InChI is InChI=1S/C74H143NO5/c1-3-5-7-9-11-13-15-17-19-20-21-22-23-27-30-33-36-39-42-46-50-54-58-62-66-72(77)71(70-76)75-73(78)67-63-59-55-51-47-43-40-37-34-31-28-25-24-26-29-32-35-38-41-45-49-53-57-61-65-69-80-74(79)68-64-60-56-52-48-44-18-16-14-12-10-8-6-4-2/h10,12,16,18,71-72,76-77H,3-9,11,13-15,17,19-70H2,1-2H3,(H,75,78)/b12-10-,18-16-. The van der Waals surface area contributed by atoms with Crippen LogP contribution in [-0.2, 0) is 14.3 Å². The highest BCUT2D eigenvalue weighted by atomic mass is 16.5. The number of aliphatic hydroxyl groups is 2. The van der Waals surface area contributed by atoms with Crippen LogP contribution in [0.3, 0.4) is 0 Å². The van der Waals surface area contributed by atoms with Crippen molar-refractivity contribution >= 4 is 11.9 Å². The highest BCUT2D eigenvalue weighted by molar-refractivity contribution is 5.76. The highest BCUT2D eigenvalue weighted by Crippen LogP contribution is 2.20. The number of carbonyl (C=O) groups is 2. The molecule has 0 aliphatic carbocycles. The number of amides is 1. The second kappa shape index (κ2) is 69.8. The number of ether oxygens (including phenoxy) is 1. The van der Waals surface area contributed by atoms with Crippen LogP contribution in [0.15, 0.2) is 24.3 Å². The Balaban J connectivity index is 3.37. The first-order valence-corrected chi connectivity index (χ1v) is 36.6. The number of allylic oxidation sites excluding steroid dienone is 4. The Hall–Kier alpha value is -1.66. The summed E-state index contributed by atoms with van der Waals surface area (Å²) in [5, 5.41) is 23.5. The molecule has 0 saturated heterocycles. The average molecular weight is 1130 g/mol. The largest absolute Gasteiger partial charge is 0.466 e. The Morgan fingerprint density at radius 3 is 0.988 bits per heavy atom. The van der Waals surface area contributed by atoms with Crippen molar-refractivity contribution in [1.29, 1.82) is 0 Å². The van der Waals surface area contributed by atoms with Gasteiger partial charge in [-0.05, 0) is 51.4 Å². The van der Waals surface area contributed by atoms with Crippen LogP contribution < -0.4 is 5.32 Å². The maximum Gasteiger partial charge on any atom is 0.305 e. The molecule has 0 aromatic carbocycles. The molecule has 0 aromatic rings. The third kappa shape index (κ3) is 65.5. The predicted molar refractivity (Wildman–Crippen MR) is 352 cm³/mol. The van der Waals surface area contributed by atoms with Crippen LogP contribution >= 0.6 is 0 Å². The van der Waals surface area contributed by atoms with Crippen molar-refractivity contribution in [1.82, 2.24) is 5.32 Å². The summed E-state index contributed by atoms with van der Waals surface area (Å²) < 4.78 is 5.48. The van der Waals surface area contributed by atoms with Crippen LogP contribution in [0.4, 0.5) is 0 Å². The van der Waals surface area contributed by atoms with E-state index in [-0.39, 0.29) is 18.5 Å². The fourth-order valence-corrected chi connectivity index (χ4v) is 11.7. The minimum Gasteiger partial charge on any atom is -0.466 e. The molecule has 0 heterocycles. The van der Waals surface area contributed by atoms with E-state index in [1.807, 2.05) is 0 Å². The van der Waals surface area contributed by atoms with Gasteiger partial charge in [0, 0.05) is 12.8 Å². The quantitative estimate of drug-likeness (QED) is 0.0320. The molecule has 80 heavy (non-hydrogen) atoms. The molecule has 0 spiro atoms. The van der Waals surface area contributed by atoms with E-state index in [0.717, 1.165) is 51.4 Å². The Morgan fingerprint density at radius 2 is 0.637 bits per heavy atom. The number of nitrogens with one attached hydrogen (secondary N) is 1. The van der Waals surface area contributed by atoms with E-state index in [2.05, 4.69) is 43.5 Å². The number of rotatable bonds is 69. The Labute approximate surface area is 501 Å². The van der Waals surface area contributed by atoms with Gasteiger partial charge >= 0.3 is 5.97 Å². The summed E-state index contributed by atoms with van der Waals surface area (Å²) in [6, 6.07) is -0.542. The topological polar surface area (TPSA) is 95.9 Å². The fourth-order valence-electron chi connectivity index (χ4n) is 11.7. The SMILES string of the molecule is CCCC/C=C\C/C=C\CCCCCCCC(=O)OCCCCCCCCCCCCCCCCCCCCCCCCCCCC(=O)NC(CO)C(O)CCCCCCCCCCCCCCCCCCCCCCCCCC. The van der Waals surface area contributed by atoms with Gasteiger partial charge in [-0.1, -0.05) is 372 Å². The van der Waals surface area contributed by atoms with Crippen molar-refractivity contribution in [3.8, 4) is 0 Å². The molecule has 6 nitrogen and oxygen atoms in total. The number of unbranched alkanes of at least 4 members (excludes halogenated alkanes) is 54. The molecule has 2 unspecified atom stereocenters. The number of hydrogen-bond acceptors (Lipinski definition) is 5. The van der Waals surface area contributed by atoms with Crippen molar-refractivity contribution in [3.05, 3.63) is 24.3 Å². The summed E-state index contributed by atoms with van der Waals surface area (Å²) in [6.45, 7) is 4.95. The molecule has 3 N–H and O–H groups in total. The lowest BCUT2D eigenvalue weighted by molar-refractivity contribution is -0.143. The molecule has 0 aliphatic rings. The zero-order valence-corrected chi connectivity index (χ0v) is 54.3. The van der Waals surface area contributed by atoms with Crippen molar-refractivity contribution in [3.63, 3.8) is 0 Å². The minimum atomic E-state index is -0.665. The van der Waals surface area contributed by atoms with Crippen LogP contribution in [0, 0.1) is 0 Å². The van der Waals surface area contributed by atoms with E-state index in [9.17, 15) is 19.8 Å². The molecule has 0 aromatic heterocycles. The molecule has 0 aliphatic heterocycles. The first-order chi connectivity index (χ1) is 39.5. The number of carbonyl (C=O) groups excluding carboxylic acids is 2. The van der Waals surface area contributed by atoms with Gasteiger partial charge in [0.2, 0.25) is 5.91 Å². The Kier molecular flexibility index (Phi) is 68.4. The number of esters is 1. The molecule has 0 rings (SSSR count). The lowest BCUT2D eigenvalue weighted by Gasteiger charge is -2.22. The summed E-state index contributed by atoms with van der Waals surface area (Å²) in [5.41, 5.74) is 0. The number of hydrogen-bond donors (Lipinski definition) is 3. The Morgan fingerprint density at radius 1 is 0.350 bits per heavy atom. The van der Waals surface area contributed by atoms with Crippen LogP contribution in [0.5, 0.6) is 0 Å². The van der Waals surface area contributed by atoms with Gasteiger partial charge in [-0.15, -0.1) is 0 Å². The van der Waals surface area contributed by atoms with Gasteiger partial charge in [0.15, 0.2) is 0 Å². The van der Waals surface area contributed by atoms with E-state index < -0.39 is 12.1 Å². The summed E-state index contributed by atoms with van der Waals surface area (Å²) >= 11 is 0. The van der Waals surface area contributed by atoms with E-state index >= 15 is 0 Å². The molecule has 474 valence electrons. The molecule has 1 amide bonds. The lowest BCUT2D eigenvalue weighted by Crippen LogP contribution is -2.45. The molecular weight excluding hydrogens is 983 g/mol. The van der Waals surface area contributed by atoms with Gasteiger partial charge in [-0.25, -0.2) is 0 Å². The first kappa shape index (κ1) is 78.3. The molecule has 0 radical (unpaired) electrons. The predicted octanol–water partition coefficient (Wildman–Crippen LogP) is 23.7. The number of aliphatic hydroxyl groups excluding tert-OH is 2. The van der Waals surface area contributed by atoms with Crippen molar-refractivity contribution in [2.24, 2.45) is 0 Å². The Bertz CT molecular complexity index is 1250. The summed E-state index contributed by atoms with van der Waals surface area (Å²) in [4.78, 5) is 24.6. The van der Waals surface area contributed by atoms with Crippen molar-refractivity contribution in [2.45, 2.75) is 424 Å². The fraction of sp³-hybridized carbons (Fsp3) is 0.919. The van der Waals surface area contributed by atoms with E-state index in [0.29, 0.717) is 25.9 Å².